The van der Waals surface area contributed by atoms with E-state index in [1.54, 1.807) is 12.4 Å². The summed E-state index contributed by atoms with van der Waals surface area (Å²) in [7, 11) is 0. The van der Waals surface area contributed by atoms with Gasteiger partial charge in [0.15, 0.2) is 0 Å². The lowest BCUT2D eigenvalue weighted by Crippen LogP contribution is -2.42. The van der Waals surface area contributed by atoms with E-state index in [2.05, 4.69) is 17.1 Å². The molecule has 3 rings (SSSR count). The molecule has 1 aliphatic rings. The van der Waals surface area contributed by atoms with Gasteiger partial charge in [0.1, 0.15) is 0 Å². The predicted octanol–water partition coefficient (Wildman–Crippen LogP) is 2.47. The minimum atomic E-state index is -0.329. The molecule has 2 heterocycles. The number of hydrogen-bond donors (Lipinski definition) is 1. The third kappa shape index (κ3) is 4.42. The van der Waals surface area contributed by atoms with Gasteiger partial charge in [0, 0.05) is 25.5 Å². The second kappa shape index (κ2) is 8.06. The van der Waals surface area contributed by atoms with Crippen LogP contribution in [0.4, 0.5) is 0 Å². The van der Waals surface area contributed by atoms with E-state index in [4.69, 9.17) is 0 Å². The van der Waals surface area contributed by atoms with Crippen LogP contribution in [0.5, 0.6) is 0 Å². The maximum absolute atomic E-state index is 12.4. The van der Waals surface area contributed by atoms with E-state index in [1.165, 1.54) is 5.56 Å². The molecule has 0 aliphatic carbocycles. The van der Waals surface area contributed by atoms with Gasteiger partial charge < -0.3 is 10.0 Å². The first-order valence-electron chi connectivity index (χ1n) is 8.61. The Morgan fingerprint density at radius 1 is 1.08 bits per heavy atom. The Morgan fingerprint density at radius 2 is 1.75 bits per heavy atom. The molecule has 1 unspecified atom stereocenters. The lowest BCUT2D eigenvalue weighted by Gasteiger charge is -2.34. The molecule has 1 aromatic heterocycles. The number of pyridine rings is 1. The number of piperidine rings is 1. The number of nitrogens with zero attached hydrogens (tertiary/aromatic N) is 2. The Hall–Kier alpha value is -2.20. The second-order valence-corrected chi connectivity index (χ2v) is 6.51. The van der Waals surface area contributed by atoms with E-state index >= 15 is 0 Å². The van der Waals surface area contributed by atoms with Crippen LogP contribution >= 0.6 is 0 Å². The molecule has 1 N–H and O–H groups in total. The summed E-state index contributed by atoms with van der Waals surface area (Å²) in [6, 6.07) is 13.9. The molecule has 1 amide bonds. The lowest BCUT2D eigenvalue weighted by atomic mass is 9.88. The summed E-state index contributed by atoms with van der Waals surface area (Å²) in [5, 5.41) is 10.5. The summed E-state index contributed by atoms with van der Waals surface area (Å²) in [5.41, 5.74) is 2.17. The van der Waals surface area contributed by atoms with Crippen molar-refractivity contribution in [1.29, 1.82) is 0 Å². The molecule has 0 spiro atoms. The van der Waals surface area contributed by atoms with Crippen LogP contribution in [0.25, 0.3) is 0 Å². The Kier molecular flexibility index (Phi) is 5.59. The van der Waals surface area contributed by atoms with Crippen molar-refractivity contribution in [2.75, 3.05) is 13.1 Å². The van der Waals surface area contributed by atoms with E-state index in [0.717, 1.165) is 31.5 Å². The highest BCUT2D eigenvalue weighted by atomic mass is 16.3. The molecule has 0 radical (unpaired) electrons. The molecule has 126 valence electrons. The van der Waals surface area contributed by atoms with Crippen LogP contribution in [0, 0.1) is 5.92 Å². The van der Waals surface area contributed by atoms with E-state index in [9.17, 15) is 9.90 Å². The predicted molar refractivity (Wildman–Crippen MR) is 93.4 cm³/mol. The van der Waals surface area contributed by atoms with Crippen LogP contribution in [-0.4, -0.2) is 40.1 Å². The largest absolute Gasteiger partial charge is 0.392 e. The van der Waals surface area contributed by atoms with Gasteiger partial charge in [0.2, 0.25) is 5.91 Å². The molecule has 2 aromatic rings. The lowest BCUT2D eigenvalue weighted by molar-refractivity contribution is -0.132. The minimum absolute atomic E-state index is 0.164. The van der Waals surface area contributed by atoms with Gasteiger partial charge in [-0.1, -0.05) is 30.3 Å². The zero-order chi connectivity index (χ0) is 16.8. The van der Waals surface area contributed by atoms with Crippen molar-refractivity contribution in [3.05, 3.63) is 66.0 Å². The number of likely N-dealkylation sites (tertiary alicyclic amines) is 1. The quantitative estimate of drug-likeness (QED) is 0.919. The Labute approximate surface area is 143 Å². The second-order valence-electron chi connectivity index (χ2n) is 6.51. The number of hydrogen-bond acceptors (Lipinski definition) is 3. The number of benzene rings is 1. The van der Waals surface area contributed by atoms with E-state index < -0.39 is 0 Å². The van der Waals surface area contributed by atoms with Crippen LogP contribution in [0.1, 0.15) is 24.0 Å². The van der Waals surface area contributed by atoms with E-state index in [1.807, 2.05) is 35.2 Å². The number of aliphatic hydroxyl groups excluding tert-OH is 1. The molecule has 0 saturated carbocycles. The van der Waals surface area contributed by atoms with Crippen molar-refractivity contribution in [3.8, 4) is 0 Å². The fourth-order valence-corrected chi connectivity index (χ4v) is 3.34. The molecule has 24 heavy (non-hydrogen) atoms. The first kappa shape index (κ1) is 16.7. The molecule has 1 saturated heterocycles. The average molecular weight is 324 g/mol. The van der Waals surface area contributed by atoms with Crippen LogP contribution in [0.2, 0.25) is 0 Å². The first-order chi connectivity index (χ1) is 11.7. The first-order valence-corrected chi connectivity index (χ1v) is 8.61. The molecule has 4 nitrogen and oxygen atoms in total. The van der Waals surface area contributed by atoms with Gasteiger partial charge in [0.05, 0.1) is 12.5 Å². The van der Waals surface area contributed by atoms with Crippen LogP contribution in [-0.2, 0) is 17.6 Å². The fraction of sp³-hybridized carbons (Fsp3) is 0.400. The highest BCUT2D eigenvalue weighted by molar-refractivity contribution is 5.78. The number of rotatable bonds is 5. The summed E-state index contributed by atoms with van der Waals surface area (Å²) in [5.74, 6) is 0.437. The van der Waals surface area contributed by atoms with Gasteiger partial charge in [-0.2, -0.15) is 0 Å². The third-order valence-corrected chi connectivity index (χ3v) is 4.83. The number of carbonyl (C=O) groups excluding carboxylic acids is 1. The fourth-order valence-electron chi connectivity index (χ4n) is 3.34. The molecule has 0 bridgehead atoms. The number of carbonyl (C=O) groups is 1. The number of aromatic nitrogens is 1. The molecule has 1 aliphatic heterocycles. The van der Waals surface area contributed by atoms with Crippen molar-refractivity contribution >= 4 is 5.91 Å². The summed E-state index contributed by atoms with van der Waals surface area (Å²) >= 11 is 0. The topological polar surface area (TPSA) is 53.4 Å². The van der Waals surface area contributed by atoms with Gasteiger partial charge in [-0.25, -0.2) is 0 Å². The van der Waals surface area contributed by atoms with Crippen LogP contribution in [0.15, 0.2) is 54.9 Å². The zero-order valence-corrected chi connectivity index (χ0v) is 13.8. The van der Waals surface area contributed by atoms with Crippen molar-refractivity contribution in [2.24, 2.45) is 5.92 Å². The molecular formula is C20H24N2O2. The van der Waals surface area contributed by atoms with Crippen LogP contribution in [0.3, 0.4) is 0 Å². The molecule has 4 heteroatoms. The van der Waals surface area contributed by atoms with Gasteiger partial charge in [0.25, 0.3) is 0 Å². The summed E-state index contributed by atoms with van der Waals surface area (Å²) in [6.45, 7) is 1.47. The molecular weight excluding hydrogens is 300 g/mol. The monoisotopic (exact) mass is 324 g/mol. The highest BCUT2D eigenvalue weighted by Gasteiger charge is 2.27. The molecule has 1 fully saturated rings. The van der Waals surface area contributed by atoms with Crippen molar-refractivity contribution in [3.63, 3.8) is 0 Å². The average Bonchev–Trinajstić information content (AvgIpc) is 2.63. The SMILES string of the molecule is O=C(Cc1ccncc1)N1CCC(C(O)Cc2ccccc2)CC1. The van der Waals surface area contributed by atoms with Crippen molar-refractivity contribution in [2.45, 2.75) is 31.8 Å². The third-order valence-electron chi connectivity index (χ3n) is 4.83. The van der Waals surface area contributed by atoms with Crippen molar-refractivity contribution in [1.82, 2.24) is 9.88 Å². The summed E-state index contributed by atoms with van der Waals surface area (Å²) in [4.78, 5) is 18.3. The number of aliphatic hydroxyl groups is 1. The zero-order valence-electron chi connectivity index (χ0n) is 13.8. The van der Waals surface area contributed by atoms with Gasteiger partial charge in [-0.3, -0.25) is 9.78 Å². The minimum Gasteiger partial charge on any atom is -0.392 e. The Morgan fingerprint density at radius 3 is 2.42 bits per heavy atom. The van der Waals surface area contributed by atoms with Gasteiger partial charge in [-0.05, 0) is 48.4 Å². The van der Waals surface area contributed by atoms with E-state index in [-0.39, 0.29) is 17.9 Å². The number of amides is 1. The molecule has 1 atom stereocenters. The van der Waals surface area contributed by atoms with Crippen molar-refractivity contribution < 1.29 is 9.90 Å². The normalized spacial score (nSPS) is 16.8. The smallest absolute Gasteiger partial charge is 0.226 e. The highest BCUT2D eigenvalue weighted by Crippen LogP contribution is 2.23. The molecule has 1 aromatic carbocycles. The summed E-state index contributed by atoms with van der Waals surface area (Å²) in [6.07, 6.45) is 5.97. The van der Waals surface area contributed by atoms with Crippen LogP contribution < -0.4 is 0 Å². The van der Waals surface area contributed by atoms with E-state index in [0.29, 0.717) is 12.8 Å². The Bertz CT molecular complexity index is 637. The maximum Gasteiger partial charge on any atom is 0.226 e. The summed E-state index contributed by atoms with van der Waals surface area (Å²) < 4.78 is 0. The Balaban J connectivity index is 1.47. The van der Waals surface area contributed by atoms with Gasteiger partial charge in [-0.15, -0.1) is 0 Å². The van der Waals surface area contributed by atoms with Gasteiger partial charge >= 0.3 is 0 Å². The standard InChI is InChI=1S/C20H24N2O2/c23-19(14-16-4-2-1-3-5-16)18-8-12-22(13-9-18)20(24)15-17-6-10-21-11-7-17/h1-7,10-11,18-19,23H,8-9,12-15H2. The maximum atomic E-state index is 12.4.